The molecule has 1 aromatic carbocycles. The van der Waals surface area contributed by atoms with Crippen LogP contribution in [0.5, 0.6) is 0 Å². The fourth-order valence-electron chi connectivity index (χ4n) is 2.53. The molecule has 0 saturated carbocycles. The minimum atomic E-state index is -1.03. The van der Waals surface area contributed by atoms with Gasteiger partial charge in [-0.25, -0.2) is 4.79 Å². The van der Waals surface area contributed by atoms with Crippen LogP contribution in [-0.4, -0.2) is 6.08 Å². The van der Waals surface area contributed by atoms with E-state index >= 15 is 0 Å². The van der Waals surface area contributed by atoms with Crippen molar-refractivity contribution in [3.8, 4) is 6.07 Å². The molecule has 0 bridgehead atoms. The van der Waals surface area contributed by atoms with Gasteiger partial charge in [-0.2, -0.15) is 10.3 Å². The molecule has 1 aliphatic carbocycles. The third kappa shape index (κ3) is 1.67. The highest BCUT2D eigenvalue weighted by Crippen LogP contribution is 2.46. The summed E-state index contributed by atoms with van der Waals surface area (Å²) in [5.41, 5.74) is 0.942. The summed E-state index contributed by atoms with van der Waals surface area (Å²) in [5, 5.41) is 9.37. The van der Waals surface area contributed by atoms with E-state index in [1.54, 1.807) is 6.08 Å². The Labute approximate surface area is 101 Å². The molecular weight excluding hydrogens is 212 g/mol. The van der Waals surface area contributed by atoms with Gasteiger partial charge in [-0.3, -0.25) is 0 Å². The summed E-state index contributed by atoms with van der Waals surface area (Å²) in [6.45, 7) is 4.30. The number of isocyanates is 1. The first kappa shape index (κ1) is 11.6. The van der Waals surface area contributed by atoms with E-state index in [0.717, 1.165) is 17.5 Å². The van der Waals surface area contributed by atoms with E-state index in [4.69, 9.17) is 0 Å². The molecule has 0 spiro atoms. The zero-order valence-corrected chi connectivity index (χ0v) is 10.0. The molecule has 1 unspecified atom stereocenters. The van der Waals surface area contributed by atoms with Crippen molar-refractivity contribution in [2.75, 3.05) is 0 Å². The van der Waals surface area contributed by atoms with Gasteiger partial charge >= 0.3 is 0 Å². The van der Waals surface area contributed by atoms with Crippen LogP contribution in [0.15, 0.2) is 29.3 Å². The number of carbonyl (C=O) groups excluding carboxylic acids is 1. The largest absolute Gasteiger partial charge is 0.236 e. The number of nitriles is 1. The van der Waals surface area contributed by atoms with E-state index in [0.29, 0.717) is 6.42 Å². The second kappa shape index (κ2) is 3.84. The van der Waals surface area contributed by atoms with Gasteiger partial charge < -0.3 is 0 Å². The van der Waals surface area contributed by atoms with Crippen molar-refractivity contribution in [2.24, 2.45) is 4.99 Å². The highest BCUT2D eigenvalue weighted by Gasteiger charge is 2.43. The van der Waals surface area contributed by atoms with Crippen LogP contribution >= 0.6 is 0 Å². The quantitative estimate of drug-likeness (QED) is 0.546. The number of rotatable bonds is 1. The Morgan fingerprint density at radius 3 is 2.47 bits per heavy atom. The smallest absolute Gasteiger partial charge is 0.211 e. The molecule has 3 nitrogen and oxygen atoms in total. The molecule has 0 heterocycles. The molecule has 0 radical (unpaired) electrons. The van der Waals surface area contributed by atoms with Gasteiger partial charge in [0.05, 0.1) is 6.07 Å². The van der Waals surface area contributed by atoms with Crippen molar-refractivity contribution < 1.29 is 4.79 Å². The first-order valence-electron chi connectivity index (χ1n) is 5.66. The van der Waals surface area contributed by atoms with Crippen LogP contribution in [0.4, 0.5) is 0 Å². The lowest BCUT2D eigenvalue weighted by molar-refractivity contribution is 0.352. The van der Waals surface area contributed by atoms with Crippen molar-refractivity contribution in [1.29, 1.82) is 5.26 Å². The predicted molar refractivity (Wildman–Crippen MR) is 64.1 cm³/mol. The van der Waals surface area contributed by atoms with E-state index in [1.807, 2.05) is 24.3 Å². The lowest BCUT2D eigenvalue weighted by Crippen LogP contribution is -2.35. The van der Waals surface area contributed by atoms with Crippen LogP contribution in [0.1, 0.15) is 37.8 Å². The summed E-state index contributed by atoms with van der Waals surface area (Å²) in [6.07, 6.45) is 2.96. The summed E-state index contributed by atoms with van der Waals surface area (Å²) in [6, 6.07) is 9.93. The second-order valence-corrected chi connectivity index (χ2v) is 5.10. The Hall–Kier alpha value is -1.91. The minimum Gasteiger partial charge on any atom is -0.211 e. The summed E-state index contributed by atoms with van der Waals surface area (Å²) >= 11 is 0. The maximum atomic E-state index is 10.6. The molecule has 1 aromatic rings. The standard InChI is InChI=1S/C14H14N2O/c1-13(2)7-8-14(9-15,16-10-17)12-6-4-3-5-11(12)13/h3-6H,7-8H2,1-2H3. The molecule has 1 aliphatic rings. The van der Waals surface area contributed by atoms with Crippen LogP contribution in [0.3, 0.4) is 0 Å². The average Bonchev–Trinajstić information content (AvgIpc) is 2.34. The van der Waals surface area contributed by atoms with E-state index in [1.165, 1.54) is 0 Å². The Kier molecular flexibility index (Phi) is 2.61. The summed E-state index contributed by atoms with van der Waals surface area (Å²) in [4.78, 5) is 14.3. The van der Waals surface area contributed by atoms with Crippen LogP contribution < -0.4 is 0 Å². The van der Waals surface area contributed by atoms with Gasteiger partial charge in [0.15, 0.2) is 5.54 Å². The number of benzene rings is 1. The first-order valence-corrected chi connectivity index (χ1v) is 5.66. The molecular formula is C14H14N2O. The fraction of sp³-hybridized carbons (Fsp3) is 0.429. The average molecular weight is 226 g/mol. The van der Waals surface area contributed by atoms with E-state index in [9.17, 15) is 10.1 Å². The molecule has 0 saturated heterocycles. The molecule has 3 heteroatoms. The van der Waals surface area contributed by atoms with Gasteiger partial charge in [0.25, 0.3) is 0 Å². The molecule has 2 rings (SSSR count). The zero-order valence-electron chi connectivity index (χ0n) is 10.0. The Morgan fingerprint density at radius 2 is 1.88 bits per heavy atom. The SMILES string of the molecule is CC1(C)CCC(C#N)(N=C=O)c2ccccc21. The lowest BCUT2D eigenvalue weighted by atomic mass is 9.66. The van der Waals surface area contributed by atoms with Gasteiger partial charge in [0.2, 0.25) is 6.08 Å². The zero-order chi connectivity index (χ0) is 12.5. The second-order valence-electron chi connectivity index (χ2n) is 5.10. The molecule has 0 aliphatic heterocycles. The summed E-state index contributed by atoms with van der Waals surface area (Å²) in [7, 11) is 0. The van der Waals surface area contributed by atoms with Crippen molar-refractivity contribution >= 4 is 6.08 Å². The maximum absolute atomic E-state index is 10.6. The molecule has 17 heavy (non-hydrogen) atoms. The predicted octanol–water partition coefficient (Wildman–Crippen LogP) is 2.81. The number of hydrogen-bond donors (Lipinski definition) is 0. The maximum Gasteiger partial charge on any atom is 0.236 e. The third-order valence-electron chi connectivity index (χ3n) is 3.64. The number of fused-ring (bicyclic) bond motifs is 1. The highest BCUT2D eigenvalue weighted by molar-refractivity contribution is 5.49. The van der Waals surface area contributed by atoms with Crippen LogP contribution in [-0.2, 0) is 15.7 Å². The summed E-state index contributed by atoms with van der Waals surface area (Å²) < 4.78 is 0. The van der Waals surface area contributed by atoms with Gasteiger partial charge in [-0.1, -0.05) is 38.1 Å². The first-order chi connectivity index (χ1) is 8.06. The van der Waals surface area contributed by atoms with Crippen molar-refractivity contribution in [3.05, 3.63) is 35.4 Å². The van der Waals surface area contributed by atoms with Crippen molar-refractivity contribution in [2.45, 2.75) is 37.6 Å². The van der Waals surface area contributed by atoms with E-state index in [-0.39, 0.29) is 5.41 Å². The topological polar surface area (TPSA) is 53.2 Å². The Morgan fingerprint density at radius 1 is 1.24 bits per heavy atom. The van der Waals surface area contributed by atoms with Gasteiger partial charge in [0, 0.05) is 0 Å². The van der Waals surface area contributed by atoms with Crippen molar-refractivity contribution in [1.82, 2.24) is 0 Å². The van der Waals surface area contributed by atoms with E-state index < -0.39 is 5.54 Å². The van der Waals surface area contributed by atoms with Crippen LogP contribution in [0.2, 0.25) is 0 Å². The molecule has 0 aromatic heterocycles. The number of hydrogen-bond acceptors (Lipinski definition) is 3. The summed E-state index contributed by atoms with van der Waals surface area (Å²) in [5.74, 6) is 0. The Balaban J connectivity index is 2.71. The van der Waals surface area contributed by atoms with Crippen LogP contribution in [0, 0.1) is 11.3 Å². The molecule has 86 valence electrons. The van der Waals surface area contributed by atoms with E-state index in [2.05, 4.69) is 24.9 Å². The normalized spacial score (nSPS) is 25.2. The highest BCUT2D eigenvalue weighted by atomic mass is 16.1. The van der Waals surface area contributed by atoms with Gasteiger partial charge in [-0.15, -0.1) is 0 Å². The number of nitrogens with zero attached hydrogens (tertiary/aromatic N) is 2. The number of aliphatic imine (C=N–C) groups is 1. The van der Waals surface area contributed by atoms with Gasteiger partial charge in [-0.05, 0) is 29.4 Å². The molecule has 0 amide bonds. The molecule has 0 fully saturated rings. The van der Waals surface area contributed by atoms with Crippen LogP contribution in [0.25, 0.3) is 0 Å². The molecule has 1 atom stereocenters. The van der Waals surface area contributed by atoms with Crippen molar-refractivity contribution in [3.63, 3.8) is 0 Å². The third-order valence-corrected chi connectivity index (χ3v) is 3.64. The lowest BCUT2D eigenvalue weighted by Gasteiger charge is -2.38. The van der Waals surface area contributed by atoms with Gasteiger partial charge in [0.1, 0.15) is 0 Å². The monoisotopic (exact) mass is 226 g/mol. The minimum absolute atomic E-state index is 0.0232. The Bertz CT molecular complexity index is 535. The molecule has 0 N–H and O–H groups in total. The fourth-order valence-corrected chi connectivity index (χ4v) is 2.53.